The molecule has 106 valence electrons. The Hall–Kier alpha value is -2.21. The average molecular weight is 274 g/mol. The summed E-state index contributed by atoms with van der Waals surface area (Å²) in [6.07, 6.45) is 1.32. The highest BCUT2D eigenvalue weighted by Gasteiger charge is 2.17. The Kier molecular flexibility index (Phi) is 4.14. The van der Waals surface area contributed by atoms with E-state index < -0.39 is 4.92 Å². The summed E-state index contributed by atoms with van der Waals surface area (Å²) in [7, 11) is 3.93. The Bertz CT molecular complexity index is 640. The van der Waals surface area contributed by atoms with Gasteiger partial charge in [0.05, 0.1) is 10.4 Å². The first-order valence-corrected chi connectivity index (χ1v) is 6.41. The third kappa shape index (κ3) is 3.03. The first-order chi connectivity index (χ1) is 9.49. The van der Waals surface area contributed by atoms with E-state index in [0.717, 1.165) is 23.0 Å². The molecule has 20 heavy (non-hydrogen) atoms. The van der Waals surface area contributed by atoms with Gasteiger partial charge in [0.1, 0.15) is 11.9 Å². The van der Waals surface area contributed by atoms with Crippen LogP contribution in [-0.4, -0.2) is 42.0 Å². The van der Waals surface area contributed by atoms with Gasteiger partial charge in [0.25, 0.3) is 0 Å². The number of benzene rings is 1. The van der Waals surface area contributed by atoms with Crippen molar-refractivity contribution < 1.29 is 4.92 Å². The maximum absolute atomic E-state index is 11.2. The molecule has 6 nitrogen and oxygen atoms in total. The lowest BCUT2D eigenvalue weighted by Gasteiger charge is -2.13. The fourth-order valence-electron chi connectivity index (χ4n) is 2.02. The largest absolute Gasteiger partial charge is 0.378 e. The van der Waals surface area contributed by atoms with Gasteiger partial charge in [0, 0.05) is 18.5 Å². The summed E-state index contributed by atoms with van der Waals surface area (Å²) in [4.78, 5) is 16.9. The second-order valence-electron chi connectivity index (χ2n) is 5.03. The van der Waals surface area contributed by atoms with Crippen LogP contribution in [-0.2, 0) is 0 Å². The summed E-state index contributed by atoms with van der Waals surface area (Å²) in [6.45, 7) is 3.40. The number of hydrogen-bond acceptors (Lipinski definition) is 5. The minimum absolute atomic E-state index is 0.0156. The maximum Gasteiger partial charge on any atom is 0.311 e. The van der Waals surface area contributed by atoms with Crippen LogP contribution in [0.3, 0.4) is 0 Å². The first kappa shape index (κ1) is 14.2. The fraction of sp³-hybridized carbons (Fsp3) is 0.357. The smallest absolute Gasteiger partial charge is 0.311 e. The van der Waals surface area contributed by atoms with E-state index in [1.807, 2.05) is 44.1 Å². The summed E-state index contributed by atoms with van der Waals surface area (Å²) >= 11 is 0. The van der Waals surface area contributed by atoms with Crippen molar-refractivity contribution in [2.24, 2.45) is 0 Å². The molecule has 0 unspecified atom stereocenters. The molecule has 2 rings (SSSR count). The van der Waals surface area contributed by atoms with E-state index >= 15 is 0 Å². The highest BCUT2D eigenvalue weighted by molar-refractivity contribution is 5.96. The number of aryl methyl sites for hydroxylation is 1. The van der Waals surface area contributed by atoms with Crippen molar-refractivity contribution in [1.29, 1.82) is 0 Å². The number of anilines is 1. The third-order valence-corrected chi connectivity index (χ3v) is 3.06. The normalized spacial score (nSPS) is 11.0. The molecule has 0 fully saturated rings. The van der Waals surface area contributed by atoms with E-state index in [-0.39, 0.29) is 5.69 Å². The van der Waals surface area contributed by atoms with Gasteiger partial charge in [-0.1, -0.05) is 11.6 Å². The van der Waals surface area contributed by atoms with Crippen LogP contribution in [0.1, 0.15) is 5.56 Å². The molecule has 0 spiro atoms. The highest BCUT2D eigenvalue weighted by Crippen LogP contribution is 2.31. The van der Waals surface area contributed by atoms with Crippen LogP contribution in [0.4, 0.5) is 11.4 Å². The number of rotatable bonds is 5. The second kappa shape index (κ2) is 5.83. The molecule has 0 bridgehead atoms. The Morgan fingerprint density at radius 2 is 2.15 bits per heavy atom. The number of nitro groups is 1. The van der Waals surface area contributed by atoms with Gasteiger partial charge in [-0.15, -0.1) is 0 Å². The Labute approximate surface area is 117 Å². The van der Waals surface area contributed by atoms with Crippen molar-refractivity contribution in [2.45, 2.75) is 6.92 Å². The summed E-state index contributed by atoms with van der Waals surface area (Å²) < 4.78 is 0. The number of likely N-dealkylation sites (N-methyl/N-ethyl adjacent to an activating group) is 1. The molecule has 0 aliphatic heterocycles. The summed E-state index contributed by atoms with van der Waals surface area (Å²) in [5, 5.41) is 15.1. The second-order valence-corrected chi connectivity index (χ2v) is 5.03. The number of nitrogens with one attached hydrogen (secondary N) is 1. The van der Waals surface area contributed by atoms with Crippen molar-refractivity contribution in [3.63, 3.8) is 0 Å². The van der Waals surface area contributed by atoms with Crippen LogP contribution in [0, 0.1) is 17.0 Å². The zero-order valence-electron chi connectivity index (χ0n) is 11.9. The molecular formula is C14H18N4O2. The SMILES string of the molecule is Cc1ccc2ncc([N+](=O)[O-])c(NCCN(C)C)c2c1. The fourth-order valence-corrected chi connectivity index (χ4v) is 2.02. The van der Waals surface area contributed by atoms with Gasteiger partial charge >= 0.3 is 5.69 Å². The van der Waals surface area contributed by atoms with Gasteiger partial charge in [-0.25, -0.2) is 4.98 Å². The summed E-state index contributed by atoms with van der Waals surface area (Å²) in [5.41, 5.74) is 2.37. The summed E-state index contributed by atoms with van der Waals surface area (Å²) in [6, 6.07) is 5.75. The van der Waals surface area contributed by atoms with Crippen molar-refractivity contribution in [3.8, 4) is 0 Å². The lowest BCUT2D eigenvalue weighted by Crippen LogP contribution is -2.21. The highest BCUT2D eigenvalue weighted by atomic mass is 16.6. The molecular weight excluding hydrogens is 256 g/mol. The predicted molar refractivity (Wildman–Crippen MR) is 80.2 cm³/mol. The van der Waals surface area contributed by atoms with E-state index in [1.165, 1.54) is 6.20 Å². The van der Waals surface area contributed by atoms with Crippen LogP contribution in [0.25, 0.3) is 10.9 Å². The molecule has 2 aromatic rings. The van der Waals surface area contributed by atoms with Crippen molar-refractivity contribution >= 4 is 22.3 Å². The average Bonchev–Trinajstić information content (AvgIpc) is 2.38. The number of aromatic nitrogens is 1. The number of hydrogen-bond donors (Lipinski definition) is 1. The molecule has 0 radical (unpaired) electrons. The van der Waals surface area contributed by atoms with E-state index in [2.05, 4.69) is 10.3 Å². The molecule has 6 heteroatoms. The lowest BCUT2D eigenvalue weighted by atomic mass is 10.1. The summed E-state index contributed by atoms with van der Waals surface area (Å²) in [5.74, 6) is 0. The van der Waals surface area contributed by atoms with Crippen LogP contribution in [0.5, 0.6) is 0 Å². The molecule has 0 atom stereocenters. The van der Waals surface area contributed by atoms with Gasteiger partial charge < -0.3 is 10.2 Å². The monoisotopic (exact) mass is 274 g/mol. The minimum atomic E-state index is -0.396. The minimum Gasteiger partial charge on any atom is -0.378 e. The molecule has 0 saturated heterocycles. The van der Waals surface area contributed by atoms with E-state index in [9.17, 15) is 10.1 Å². The molecule has 0 saturated carbocycles. The maximum atomic E-state index is 11.2. The molecule has 1 aromatic carbocycles. The zero-order valence-corrected chi connectivity index (χ0v) is 11.9. The van der Waals surface area contributed by atoms with Gasteiger partial charge in [-0.3, -0.25) is 10.1 Å². The number of pyridine rings is 1. The van der Waals surface area contributed by atoms with Gasteiger partial charge in [-0.2, -0.15) is 0 Å². The standard InChI is InChI=1S/C14H18N4O2/c1-10-4-5-12-11(8-10)14(15-6-7-17(2)3)13(9-16-12)18(19)20/h4-5,8-9H,6-7H2,1-3H3,(H,15,16). The van der Waals surface area contributed by atoms with E-state index in [0.29, 0.717) is 12.2 Å². The quantitative estimate of drug-likeness (QED) is 0.669. The van der Waals surface area contributed by atoms with Crippen molar-refractivity contribution in [2.75, 3.05) is 32.5 Å². The van der Waals surface area contributed by atoms with Crippen LogP contribution in [0.2, 0.25) is 0 Å². The Morgan fingerprint density at radius 1 is 1.40 bits per heavy atom. The van der Waals surface area contributed by atoms with Gasteiger partial charge in [0.15, 0.2) is 0 Å². The van der Waals surface area contributed by atoms with E-state index in [1.54, 1.807) is 0 Å². The van der Waals surface area contributed by atoms with Crippen molar-refractivity contribution in [1.82, 2.24) is 9.88 Å². The Balaban J connectivity index is 2.47. The van der Waals surface area contributed by atoms with Crippen LogP contribution in [0.15, 0.2) is 24.4 Å². The molecule has 1 aromatic heterocycles. The van der Waals surface area contributed by atoms with Gasteiger partial charge in [0.2, 0.25) is 0 Å². The zero-order chi connectivity index (χ0) is 14.7. The molecule has 0 aliphatic rings. The topological polar surface area (TPSA) is 71.3 Å². The van der Waals surface area contributed by atoms with Crippen LogP contribution < -0.4 is 5.32 Å². The molecule has 1 N–H and O–H groups in total. The Morgan fingerprint density at radius 3 is 2.80 bits per heavy atom. The molecule has 1 heterocycles. The molecule has 0 aliphatic carbocycles. The lowest BCUT2D eigenvalue weighted by molar-refractivity contribution is -0.384. The third-order valence-electron chi connectivity index (χ3n) is 3.06. The van der Waals surface area contributed by atoms with Crippen molar-refractivity contribution in [3.05, 3.63) is 40.1 Å². The number of nitrogens with zero attached hydrogens (tertiary/aromatic N) is 3. The molecule has 0 amide bonds. The van der Waals surface area contributed by atoms with Crippen LogP contribution >= 0.6 is 0 Å². The number of fused-ring (bicyclic) bond motifs is 1. The van der Waals surface area contributed by atoms with E-state index in [4.69, 9.17) is 0 Å². The first-order valence-electron chi connectivity index (χ1n) is 6.41. The predicted octanol–water partition coefficient (Wildman–Crippen LogP) is 2.42. The van der Waals surface area contributed by atoms with Gasteiger partial charge in [-0.05, 0) is 33.2 Å².